The number of carbonyl (C=O) groups is 2. The lowest BCUT2D eigenvalue weighted by Gasteiger charge is -2.37. The molecule has 2 aliphatic carbocycles. The van der Waals surface area contributed by atoms with Gasteiger partial charge in [-0.05, 0) is 91.9 Å². The predicted octanol–water partition coefficient (Wildman–Crippen LogP) is 6.93. The van der Waals surface area contributed by atoms with Gasteiger partial charge in [-0.1, -0.05) is 42.5 Å². The Labute approximate surface area is 228 Å². The Bertz CT molecular complexity index is 1120. The number of ether oxygens (including phenoxy) is 1. The number of alkyl halides is 3. The number of amides is 2. The third kappa shape index (κ3) is 7.76. The van der Waals surface area contributed by atoms with Crippen LogP contribution < -0.4 is 10.1 Å². The van der Waals surface area contributed by atoms with E-state index in [9.17, 15) is 22.8 Å². The molecule has 2 aromatic rings. The molecule has 1 N–H and O–H groups in total. The topological polar surface area (TPSA) is 58.6 Å². The quantitative estimate of drug-likeness (QED) is 0.354. The number of nitrogens with one attached hydrogen (secondary N) is 1. The van der Waals surface area contributed by atoms with Crippen LogP contribution in [0.3, 0.4) is 0 Å². The molecular weight excluding hydrogens is 505 g/mol. The van der Waals surface area contributed by atoms with Gasteiger partial charge in [-0.3, -0.25) is 9.59 Å². The Kier molecular flexibility index (Phi) is 8.19. The maximum atomic E-state index is 12.9. The monoisotopic (exact) mass is 542 g/mol. The van der Waals surface area contributed by atoms with Crippen molar-refractivity contribution in [3.63, 3.8) is 0 Å². The van der Waals surface area contributed by atoms with Gasteiger partial charge in [0.1, 0.15) is 5.75 Å². The van der Waals surface area contributed by atoms with Crippen LogP contribution in [-0.4, -0.2) is 29.6 Å². The molecule has 2 saturated carbocycles. The highest BCUT2D eigenvalue weighted by Crippen LogP contribution is 2.47. The molecule has 0 unspecified atom stereocenters. The number of hydrogen-bond acceptors (Lipinski definition) is 3. The average Bonchev–Trinajstić information content (AvgIpc) is 3.66. The molecule has 0 aromatic heterocycles. The van der Waals surface area contributed by atoms with Crippen molar-refractivity contribution in [2.24, 2.45) is 17.3 Å². The van der Waals surface area contributed by atoms with E-state index in [-0.39, 0.29) is 29.0 Å². The van der Waals surface area contributed by atoms with E-state index in [1.807, 2.05) is 23.1 Å². The smallest absolute Gasteiger partial charge is 0.406 e. The Hall–Kier alpha value is -3.03. The number of carbonyl (C=O) groups excluding carboxylic acids is 2. The van der Waals surface area contributed by atoms with Gasteiger partial charge in [0, 0.05) is 25.9 Å². The number of likely N-dealkylation sites (tertiary alicyclic amines) is 1. The van der Waals surface area contributed by atoms with Gasteiger partial charge < -0.3 is 15.0 Å². The summed E-state index contributed by atoms with van der Waals surface area (Å²) in [7, 11) is 0. The largest absolute Gasteiger partial charge is 0.573 e. The van der Waals surface area contributed by atoms with Crippen LogP contribution in [0.15, 0.2) is 54.6 Å². The fourth-order valence-electron chi connectivity index (χ4n) is 6.30. The summed E-state index contributed by atoms with van der Waals surface area (Å²) in [5.41, 5.74) is 1.94. The van der Waals surface area contributed by atoms with Crippen LogP contribution in [0.2, 0.25) is 0 Å². The molecule has 1 aliphatic heterocycles. The van der Waals surface area contributed by atoms with Crippen molar-refractivity contribution in [2.45, 2.75) is 83.2 Å². The molecule has 3 fully saturated rings. The zero-order chi connectivity index (χ0) is 27.5. The van der Waals surface area contributed by atoms with Crippen molar-refractivity contribution in [1.29, 1.82) is 0 Å². The zero-order valence-corrected chi connectivity index (χ0v) is 22.2. The predicted molar refractivity (Wildman–Crippen MR) is 141 cm³/mol. The molecule has 5 rings (SSSR count). The van der Waals surface area contributed by atoms with Gasteiger partial charge in [-0.2, -0.15) is 0 Å². The molecule has 0 bridgehead atoms. The van der Waals surface area contributed by atoms with E-state index >= 15 is 0 Å². The van der Waals surface area contributed by atoms with Crippen LogP contribution in [0, 0.1) is 17.3 Å². The molecule has 2 amide bonds. The molecule has 1 atom stereocenters. The second kappa shape index (κ2) is 11.6. The summed E-state index contributed by atoms with van der Waals surface area (Å²) in [6.07, 6.45) is 4.89. The maximum Gasteiger partial charge on any atom is 0.573 e. The molecular formula is C31H37F3N2O3. The lowest BCUT2D eigenvalue weighted by molar-refractivity contribution is -0.274. The van der Waals surface area contributed by atoms with Gasteiger partial charge in [0.15, 0.2) is 0 Å². The van der Waals surface area contributed by atoms with E-state index in [1.54, 1.807) is 12.1 Å². The van der Waals surface area contributed by atoms with Crippen molar-refractivity contribution in [2.75, 3.05) is 6.54 Å². The fourth-order valence-corrected chi connectivity index (χ4v) is 6.30. The SMILES string of the molecule is O=C(CC1CC1)N[C@@H](CCC1CCC2(CC1)CC(=O)N(Cc1ccc(OC(F)(F)F)cc1)C2)c1ccccc1. The van der Waals surface area contributed by atoms with E-state index in [2.05, 4.69) is 22.2 Å². The number of halogens is 3. The lowest BCUT2D eigenvalue weighted by Crippen LogP contribution is -2.32. The van der Waals surface area contributed by atoms with Crippen molar-refractivity contribution in [3.05, 3.63) is 65.7 Å². The van der Waals surface area contributed by atoms with Crippen LogP contribution >= 0.6 is 0 Å². The van der Waals surface area contributed by atoms with Gasteiger partial charge in [0.25, 0.3) is 0 Å². The molecule has 1 saturated heterocycles. The highest BCUT2D eigenvalue weighted by Gasteiger charge is 2.45. The van der Waals surface area contributed by atoms with E-state index < -0.39 is 6.36 Å². The Morgan fingerprint density at radius 3 is 2.33 bits per heavy atom. The van der Waals surface area contributed by atoms with Gasteiger partial charge in [-0.15, -0.1) is 13.2 Å². The number of nitrogens with zero attached hydrogens (tertiary/aromatic N) is 1. The first-order valence-corrected chi connectivity index (χ1v) is 14.1. The standard InChI is InChI=1S/C31H37F3N2O3/c32-31(33,34)39-26-11-8-24(9-12-26)20-36-21-30(19-29(36)38)16-14-22(15-17-30)10-13-27(25-4-2-1-3-5-25)35-28(37)18-23-6-7-23/h1-5,8-9,11-12,22-23,27H,6-7,10,13-21H2,(H,35,37)/t22?,27-,30?/m0/s1. The number of rotatable bonds is 10. The van der Waals surface area contributed by atoms with Crippen molar-refractivity contribution < 1.29 is 27.5 Å². The van der Waals surface area contributed by atoms with Crippen LogP contribution in [0.25, 0.3) is 0 Å². The van der Waals surface area contributed by atoms with Crippen LogP contribution in [0.4, 0.5) is 13.2 Å². The first-order chi connectivity index (χ1) is 18.7. The molecule has 210 valence electrons. The lowest BCUT2D eigenvalue weighted by atomic mass is 9.69. The molecule has 39 heavy (non-hydrogen) atoms. The third-order valence-corrected chi connectivity index (χ3v) is 8.67. The minimum atomic E-state index is -4.72. The summed E-state index contributed by atoms with van der Waals surface area (Å²) >= 11 is 0. The Balaban J connectivity index is 1.11. The van der Waals surface area contributed by atoms with Crippen molar-refractivity contribution >= 4 is 11.8 Å². The molecule has 0 radical (unpaired) electrons. The van der Waals surface area contributed by atoms with Crippen LogP contribution in [0.5, 0.6) is 5.75 Å². The molecule has 5 nitrogen and oxygen atoms in total. The maximum absolute atomic E-state index is 12.9. The number of hydrogen-bond donors (Lipinski definition) is 1. The zero-order valence-electron chi connectivity index (χ0n) is 22.2. The molecule has 8 heteroatoms. The minimum Gasteiger partial charge on any atom is -0.406 e. The number of benzene rings is 2. The van der Waals surface area contributed by atoms with Gasteiger partial charge >= 0.3 is 6.36 Å². The van der Waals surface area contributed by atoms with Gasteiger partial charge in [0.2, 0.25) is 11.8 Å². The van der Waals surface area contributed by atoms with E-state index in [0.29, 0.717) is 37.8 Å². The summed E-state index contributed by atoms with van der Waals surface area (Å²) in [6, 6.07) is 16.0. The van der Waals surface area contributed by atoms with Crippen LogP contribution in [-0.2, 0) is 16.1 Å². The summed E-state index contributed by atoms with van der Waals surface area (Å²) < 4.78 is 41.2. The fraction of sp³-hybridized carbons (Fsp3) is 0.548. The van der Waals surface area contributed by atoms with Crippen molar-refractivity contribution in [3.8, 4) is 5.75 Å². The molecule has 3 aliphatic rings. The minimum absolute atomic E-state index is 0.00969. The highest BCUT2D eigenvalue weighted by atomic mass is 19.4. The molecule has 1 heterocycles. The highest BCUT2D eigenvalue weighted by molar-refractivity contribution is 5.79. The third-order valence-electron chi connectivity index (χ3n) is 8.67. The second-order valence-electron chi connectivity index (χ2n) is 11.8. The van der Waals surface area contributed by atoms with E-state index in [0.717, 1.165) is 62.5 Å². The summed E-state index contributed by atoms with van der Waals surface area (Å²) in [5, 5.41) is 3.29. The molecule has 2 aromatic carbocycles. The van der Waals surface area contributed by atoms with Crippen LogP contribution in [0.1, 0.15) is 81.4 Å². The van der Waals surface area contributed by atoms with Crippen molar-refractivity contribution in [1.82, 2.24) is 10.2 Å². The summed E-state index contributed by atoms with van der Waals surface area (Å²) in [4.78, 5) is 27.3. The first-order valence-electron chi connectivity index (χ1n) is 14.1. The average molecular weight is 543 g/mol. The molecule has 1 spiro atoms. The summed E-state index contributed by atoms with van der Waals surface area (Å²) in [6.45, 7) is 1.10. The van der Waals surface area contributed by atoms with E-state index in [1.165, 1.54) is 12.1 Å². The summed E-state index contributed by atoms with van der Waals surface area (Å²) in [5.74, 6) is 1.15. The second-order valence-corrected chi connectivity index (χ2v) is 11.8. The Morgan fingerprint density at radius 2 is 1.69 bits per heavy atom. The Morgan fingerprint density at radius 1 is 1.00 bits per heavy atom. The first kappa shape index (κ1) is 27.5. The van der Waals surface area contributed by atoms with E-state index in [4.69, 9.17) is 0 Å². The van der Waals surface area contributed by atoms with Gasteiger partial charge in [-0.25, -0.2) is 0 Å². The normalized spacial score (nSPS) is 24.1. The van der Waals surface area contributed by atoms with Gasteiger partial charge in [0.05, 0.1) is 6.04 Å².